The van der Waals surface area contributed by atoms with Crippen molar-refractivity contribution >= 4 is 16.9 Å². The molecule has 2 aromatic carbocycles. The van der Waals surface area contributed by atoms with Gasteiger partial charge in [0.2, 0.25) is 0 Å². The normalized spacial score (nSPS) is 17.2. The molecule has 2 aromatic heterocycles. The highest BCUT2D eigenvalue weighted by Crippen LogP contribution is 2.37. The molecule has 1 fully saturated rings. The molecule has 0 spiro atoms. The third-order valence-corrected chi connectivity index (χ3v) is 5.51. The second-order valence-electron chi connectivity index (χ2n) is 7.66. The number of hydrogen-bond acceptors (Lipinski definition) is 5. The molecule has 32 heavy (non-hydrogen) atoms. The maximum Gasteiger partial charge on any atom is 0.296 e. The molecule has 2 heterocycles. The molecule has 0 radical (unpaired) electrons. The number of nitrogens with one attached hydrogen (secondary N) is 1. The molecule has 5 rings (SSSR count). The van der Waals surface area contributed by atoms with E-state index in [-0.39, 0.29) is 18.0 Å². The third kappa shape index (κ3) is 3.91. The van der Waals surface area contributed by atoms with Gasteiger partial charge in [-0.25, -0.2) is 14.6 Å². The lowest BCUT2D eigenvalue weighted by Crippen LogP contribution is -2.44. The van der Waals surface area contributed by atoms with Gasteiger partial charge in [-0.05, 0) is 62.1 Å². The van der Waals surface area contributed by atoms with Crippen molar-refractivity contribution in [1.82, 2.24) is 25.1 Å². The first-order chi connectivity index (χ1) is 15.7. The van der Waals surface area contributed by atoms with E-state index in [9.17, 15) is 4.79 Å². The standard InChI is InChI=1S/C25H21N5O2/c1-2-6-23(31)28-18-13-19(14-18)30-25-22(15-26-16-27-25)24(29-30)17-9-11-21(12-10-17)32-20-7-4-3-5-8-20/h3-5,7-12,15-16,18-19H,13-14H2,1H3,(H,28,31)/t18-,19+. The Morgan fingerprint density at radius 3 is 2.59 bits per heavy atom. The van der Waals surface area contributed by atoms with Crippen molar-refractivity contribution in [3.63, 3.8) is 0 Å². The van der Waals surface area contributed by atoms with Crippen molar-refractivity contribution in [2.45, 2.75) is 31.8 Å². The van der Waals surface area contributed by atoms with Gasteiger partial charge < -0.3 is 10.1 Å². The summed E-state index contributed by atoms with van der Waals surface area (Å²) in [5.41, 5.74) is 2.59. The summed E-state index contributed by atoms with van der Waals surface area (Å²) in [6, 6.07) is 17.8. The number of rotatable bonds is 5. The van der Waals surface area contributed by atoms with E-state index in [4.69, 9.17) is 9.84 Å². The monoisotopic (exact) mass is 423 g/mol. The van der Waals surface area contributed by atoms with Crippen LogP contribution in [0, 0.1) is 11.8 Å². The molecule has 1 saturated carbocycles. The van der Waals surface area contributed by atoms with Crippen molar-refractivity contribution in [1.29, 1.82) is 0 Å². The molecule has 4 aromatic rings. The Bertz CT molecular complexity index is 1310. The summed E-state index contributed by atoms with van der Waals surface area (Å²) in [7, 11) is 0. The van der Waals surface area contributed by atoms with Gasteiger partial charge >= 0.3 is 0 Å². The molecule has 0 unspecified atom stereocenters. The Balaban J connectivity index is 1.37. The zero-order valence-electron chi connectivity index (χ0n) is 17.5. The van der Waals surface area contributed by atoms with Gasteiger partial charge in [0.1, 0.15) is 23.5 Å². The second-order valence-corrected chi connectivity index (χ2v) is 7.66. The van der Waals surface area contributed by atoms with Gasteiger partial charge in [-0.2, -0.15) is 5.10 Å². The zero-order valence-corrected chi connectivity index (χ0v) is 17.5. The van der Waals surface area contributed by atoms with E-state index < -0.39 is 0 Å². The minimum atomic E-state index is -0.234. The van der Waals surface area contributed by atoms with E-state index in [1.165, 1.54) is 6.33 Å². The number of carbonyl (C=O) groups excluding carboxylic acids is 1. The van der Waals surface area contributed by atoms with Crippen LogP contribution in [-0.2, 0) is 4.79 Å². The fourth-order valence-electron chi connectivity index (χ4n) is 3.90. The lowest BCUT2D eigenvalue weighted by atomic mass is 9.87. The third-order valence-electron chi connectivity index (χ3n) is 5.51. The van der Waals surface area contributed by atoms with Crippen LogP contribution in [0.1, 0.15) is 25.8 Å². The van der Waals surface area contributed by atoms with Crippen LogP contribution < -0.4 is 10.1 Å². The number of ether oxygens (including phenoxy) is 1. The molecule has 0 aliphatic heterocycles. The molecule has 0 saturated heterocycles. The first kappa shape index (κ1) is 19.8. The minimum absolute atomic E-state index is 0.104. The van der Waals surface area contributed by atoms with Crippen LogP contribution in [0.15, 0.2) is 67.1 Å². The van der Waals surface area contributed by atoms with E-state index in [1.807, 2.05) is 59.3 Å². The lowest BCUT2D eigenvalue weighted by Gasteiger charge is -2.35. The highest BCUT2D eigenvalue weighted by atomic mass is 16.5. The topological polar surface area (TPSA) is 81.9 Å². The van der Waals surface area contributed by atoms with Crippen molar-refractivity contribution in [3.05, 3.63) is 67.1 Å². The zero-order chi connectivity index (χ0) is 21.9. The first-order valence-corrected chi connectivity index (χ1v) is 10.5. The number of hydrogen-bond donors (Lipinski definition) is 1. The van der Waals surface area contributed by atoms with Crippen molar-refractivity contribution in [3.8, 4) is 34.6 Å². The van der Waals surface area contributed by atoms with Crippen LogP contribution in [-0.4, -0.2) is 31.7 Å². The van der Waals surface area contributed by atoms with Gasteiger partial charge in [0, 0.05) is 17.8 Å². The Morgan fingerprint density at radius 2 is 1.84 bits per heavy atom. The maximum absolute atomic E-state index is 11.7. The molecular weight excluding hydrogens is 402 g/mol. The van der Waals surface area contributed by atoms with E-state index >= 15 is 0 Å². The summed E-state index contributed by atoms with van der Waals surface area (Å²) in [5, 5.41) is 8.70. The van der Waals surface area contributed by atoms with Crippen LogP contribution in [0.25, 0.3) is 22.3 Å². The summed E-state index contributed by atoms with van der Waals surface area (Å²) >= 11 is 0. The Labute approximate surface area is 185 Å². The Morgan fingerprint density at radius 1 is 1.09 bits per heavy atom. The van der Waals surface area contributed by atoms with Gasteiger partial charge in [-0.1, -0.05) is 24.1 Å². The molecular formula is C25H21N5O2. The average Bonchev–Trinajstić information content (AvgIpc) is 3.17. The van der Waals surface area contributed by atoms with Crippen LogP contribution in [0.2, 0.25) is 0 Å². The number of para-hydroxylation sites is 1. The van der Waals surface area contributed by atoms with Crippen LogP contribution >= 0.6 is 0 Å². The van der Waals surface area contributed by atoms with E-state index in [1.54, 1.807) is 13.1 Å². The molecule has 1 N–H and O–H groups in total. The lowest BCUT2D eigenvalue weighted by molar-refractivity contribution is -0.117. The number of amides is 1. The molecule has 1 amide bonds. The number of benzene rings is 2. The molecule has 1 aliphatic rings. The van der Waals surface area contributed by atoms with Gasteiger partial charge in [-0.15, -0.1) is 0 Å². The molecule has 1 aliphatic carbocycles. The predicted octanol–water partition coefficient (Wildman–Crippen LogP) is 4.13. The SMILES string of the molecule is CC#CC(=O)N[C@H]1C[C@@H](n2nc(-c3ccc(Oc4ccccc4)cc3)c3cncnc32)C1. The largest absolute Gasteiger partial charge is 0.457 e. The summed E-state index contributed by atoms with van der Waals surface area (Å²) < 4.78 is 7.85. The summed E-state index contributed by atoms with van der Waals surface area (Å²) in [4.78, 5) is 20.4. The second kappa shape index (κ2) is 8.52. The van der Waals surface area contributed by atoms with E-state index in [0.717, 1.165) is 46.6 Å². The highest BCUT2D eigenvalue weighted by Gasteiger charge is 2.34. The maximum atomic E-state index is 11.7. The molecule has 0 atom stereocenters. The van der Waals surface area contributed by atoms with Gasteiger partial charge in [-0.3, -0.25) is 4.79 Å². The molecule has 7 nitrogen and oxygen atoms in total. The summed E-state index contributed by atoms with van der Waals surface area (Å²) in [6.45, 7) is 1.65. The fraction of sp³-hybridized carbons (Fsp3) is 0.200. The highest BCUT2D eigenvalue weighted by molar-refractivity contribution is 5.93. The molecule has 158 valence electrons. The van der Waals surface area contributed by atoms with Crippen LogP contribution in [0.5, 0.6) is 11.5 Å². The molecule has 0 bridgehead atoms. The molecule has 7 heteroatoms. The van der Waals surface area contributed by atoms with Gasteiger partial charge in [0.25, 0.3) is 5.91 Å². The van der Waals surface area contributed by atoms with E-state index in [0.29, 0.717) is 0 Å². The number of carbonyl (C=O) groups is 1. The predicted molar refractivity (Wildman–Crippen MR) is 121 cm³/mol. The van der Waals surface area contributed by atoms with Gasteiger partial charge in [0.15, 0.2) is 5.65 Å². The Kier molecular flexibility index (Phi) is 5.26. The van der Waals surface area contributed by atoms with Crippen molar-refractivity contribution < 1.29 is 9.53 Å². The quantitative estimate of drug-likeness (QED) is 0.488. The first-order valence-electron chi connectivity index (χ1n) is 10.5. The number of aromatic nitrogens is 4. The van der Waals surface area contributed by atoms with Crippen molar-refractivity contribution in [2.24, 2.45) is 0 Å². The van der Waals surface area contributed by atoms with Gasteiger partial charge in [0.05, 0.1) is 11.4 Å². The minimum Gasteiger partial charge on any atom is -0.457 e. The average molecular weight is 423 g/mol. The summed E-state index contributed by atoms with van der Waals surface area (Å²) in [5.74, 6) is 6.46. The summed E-state index contributed by atoms with van der Waals surface area (Å²) in [6.07, 6.45) is 4.92. The number of fused-ring (bicyclic) bond motifs is 1. The fourth-order valence-corrected chi connectivity index (χ4v) is 3.90. The van der Waals surface area contributed by atoms with Crippen LogP contribution in [0.4, 0.5) is 0 Å². The number of nitrogens with zero attached hydrogens (tertiary/aromatic N) is 4. The van der Waals surface area contributed by atoms with E-state index in [2.05, 4.69) is 27.1 Å². The van der Waals surface area contributed by atoms with Crippen LogP contribution in [0.3, 0.4) is 0 Å². The Hall–Kier alpha value is -4.18. The smallest absolute Gasteiger partial charge is 0.296 e. The van der Waals surface area contributed by atoms with Crippen molar-refractivity contribution in [2.75, 3.05) is 0 Å².